The van der Waals surface area contributed by atoms with Crippen LogP contribution >= 0.6 is 11.3 Å². The van der Waals surface area contributed by atoms with E-state index < -0.39 is 6.43 Å². The van der Waals surface area contributed by atoms with Crippen molar-refractivity contribution in [3.63, 3.8) is 0 Å². The van der Waals surface area contributed by atoms with Crippen LogP contribution in [0.1, 0.15) is 49.1 Å². The minimum absolute atomic E-state index is 0.220. The molecular formula is C13H19F2NS. The highest BCUT2D eigenvalue weighted by atomic mass is 32.1. The fourth-order valence-electron chi connectivity index (χ4n) is 2.88. The van der Waals surface area contributed by atoms with Gasteiger partial charge in [-0.1, -0.05) is 20.8 Å². The average Bonchev–Trinajstić information content (AvgIpc) is 2.69. The van der Waals surface area contributed by atoms with Crippen LogP contribution in [-0.2, 0) is 12.0 Å². The van der Waals surface area contributed by atoms with Gasteiger partial charge in [-0.2, -0.15) is 0 Å². The molecular weight excluding hydrogens is 240 g/mol. The molecule has 1 atom stereocenters. The highest BCUT2D eigenvalue weighted by molar-refractivity contribution is 7.10. The summed E-state index contributed by atoms with van der Waals surface area (Å²) in [6.45, 7) is 7.11. The molecule has 1 unspecified atom stereocenters. The predicted octanol–water partition coefficient (Wildman–Crippen LogP) is 3.89. The number of hydrogen-bond donors (Lipinski definition) is 1. The second-order valence-electron chi connectivity index (χ2n) is 5.51. The van der Waals surface area contributed by atoms with Crippen LogP contribution in [0.25, 0.3) is 0 Å². The third-order valence-corrected chi connectivity index (χ3v) is 4.86. The van der Waals surface area contributed by atoms with Crippen molar-refractivity contribution in [1.29, 1.82) is 0 Å². The molecule has 0 amide bonds. The van der Waals surface area contributed by atoms with Crippen LogP contribution in [0.15, 0.2) is 5.38 Å². The third kappa shape index (κ3) is 2.52. The monoisotopic (exact) mass is 259 g/mol. The van der Waals surface area contributed by atoms with Gasteiger partial charge < -0.3 is 5.32 Å². The molecule has 96 valence electrons. The largest absolute Gasteiger partial charge is 0.307 e. The molecule has 1 nitrogen and oxygen atoms in total. The fourth-order valence-corrected chi connectivity index (χ4v) is 4.21. The van der Waals surface area contributed by atoms with Gasteiger partial charge in [0.2, 0.25) is 0 Å². The first-order valence-electron chi connectivity index (χ1n) is 6.01. The zero-order valence-electron chi connectivity index (χ0n) is 10.5. The first-order chi connectivity index (χ1) is 7.92. The molecule has 0 spiro atoms. The average molecular weight is 259 g/mol. The molecule has 1 N–H and O–H groups in total. The number of nitrogens with one attached hydrogen (secondary N) is 1. The summed E-state index contributed by atoms with van der Waals surface area (Å²) < 4.78 is 24.2. The summed E-state index contributed by atoms with van der Waals surface area (Å²) in [7, 11) is 0. The second-order valence-corrected chi connectivity index (χ2v) is 6.39. The van der Waals surface area contributed by atoms with E-state index in [9.17, 15) is 8.78 Å². The van der Waals surface area contributed by atoms with E-state index in [-0.39, 0.29) is 12.0 Å². The lowest BCUT2D eigenvalue weighted by Crippen LogP contribution is -2.20. The fraction of sp³-hybridized carbons (Fsp3) is 0.692. The van der Waals surface area contributed by atoms with Gasteiger partial charge in [-0.25, -0.2) is 8.78 Å². The molecule has 0 fully saturated rings. The standard InChI is InChI=1S/C13H19F2NS/c1-8-4-13(2,3)12-11(8)9(7-17-12)5-16-6-10(14)15/h7-8,10,16H,4-6H2,1-3H3. The summed E-state index contributed by atoms with van der Waals surface area (Å²) in [6, 6.07) is 0. The van der Waals surface area contributed by atoms with Crippen LogP contribution in [-0.4, -0.2) is 13.0 Å². The summed E-state index contributed by atoms with van der Waals surface area (Å²) in [5.74, 6) is 0.551. The summed E-state index contributed by atoms with van der Waals surface area (Å²) >= 11 is 1.78. The summed E-state index contributed by atoms with van der Waals surface area (Å²) in [5.41, 5.74) is 2.87. The maximum absolute atomic E-state index is 12.1. The number of rotatable bonds is 4. The van der Waals surface area contributed by atoms with E-state index in [1.807, 2.05) is 0 Å². The molecule has 17 heavy (non-hydrogen) atoms. The van der Waals surface area contributed by atoms with Crippen LogP contribution in [0.2, 0.25) is 0 Å². The Bertz CT molecular complexity index is 398. The van der Waals surface area contributed by atoms with Gasteiger partial charge in [-0.05, 0) is 34.3 Å². The van der Waals surface area contributed by atoms with Gasteiger partial charge in [0.1, 0.15) is 0 Å². The quantitative estimate of drug-likeness (QED) is 0.865. The lowest BCUT2D eigenvalue weighted by atomic mass is 9.91. The normalized spacial score (nSPS) is 22.1. The molecule has 2 rings (SSSR count). The lowest BCUT2D eigenvalue weighted by molar-refractivity contribution is 0.145. The van der Waals surface area contributed by atoms with E-state index in [1.165, 1.54) is 16.0 Å². The van der Waals surface area contributed by atoms with Crippen molar-refractivity contribution in [2.24, 2.45) is 0 Å². The molecule has 4 heteroatoms. The SMILES string of the molecule is CC1CC(C)(C)c2scc(CNCC(F)F)c21. The highest BCUT2D eigenvalue weighted by Gasteiger charge is 2.37. The van der Waals surface area contributed by atoms with Gasteiger partial charge in [0, 0.05) is 11.4 Å². The van der Waals surface area contributed by atoms with Gasteiger partial charge in [-0.3, -0.25) is 0 Å². The Balaban J connectivity index is 2.11. The van der Waals surface area contributed by atoms with Gasteiger partial charge in [0.25, 0.3) is 6.43 Å². The van der Waals surface area contributed by atoms with E-state index in [0.717, 1.165) is 6.42 Å². The highest BCUT2D eigenvalue weighted by Crippen LogP contribution is 2.50. The Morgan fingerprint density at radius 2 is 2.24 bits per heavy atom. The van der Waals surface area contributed by atoms with Crippen LogP contribution in [0.3, 0.4) is 0 Å². The molecule has 1 heterocycles. The smallest absolute Gasteiger partial charge is 0.250 e. The zero-order valence-corrected chi connectivity index (χ0v) is 11.3. The first-order valence-corrected chi connectivity index (χ1v) is 6.89. The topological polar surface area (TPSA) is 12.0 Å². The van der Waals surface area contributed by atoms with Crippen LogP contribution in [0, 0.1) is 0 Å². The van der Waals surface area contributed by atoms with Crippen molar-refractivity contribution in [3.05, 3.63) is 21.4 Å². The Morgan fingerprint density at radius 3 is 2.88 bits per heavy atom. The van der Waals surface area contributed by atoms with Crippen molar-refractivity contribution in [3.8, 4) is 0 Å². The van der Waals surface area contributed by atoms with Crippen LogP contribution < -0.4 is 5.32 Å². The number of fused-ring (bicyclic) bond motifs is 1. The predicted molar refractivity (Wildman–Crippen MR) is 68.1 cm³/mol. The minimum Gasteiger partial charge on any atom is -0.307 e. The van der Waals surface area contributed by atoms with Crippen molar-refractivity contribution in [1.82, 2.24) is 5.32 Å². The zero-order chi connectivity index (χ0) is 12.6. The maximum atomic E-state index is 12.1. The molecule has 0 saturated carbocycles. The van der Waals surface area contributed by atoms with E-state index in [0.29, 0.717) is 12.5 Å². The van der Waals surface area contributed by atoms with Crippen molar-refractivity contribution in [2.75, 3.05) is 6.54 Å². The molecule has 0 aliphatic heterocycles. The molecule has 0 saturated heterocycles. The van der Waals surface area contributed by atoms with E-state index >= 15 is 0 Å². The summed E-state index contributed by atoms with van der Waals surface area (Å²) in [4.78, 5) is 1.44. The van der Waals surface area contributed by atoms with E-state index in [4.69, 9.17) is 0 Å². The van der Waals surface area contributed by atoms with Gasteiger partial charge in [0.15, 0.2) is 0 Å². The molecule has 1 aliphatic carbocycles. The van der Waals surface area contributed by atoms with Gasteiger partial charge in [-0.15, -0.1) is 11.3 Å². The molecule has 1 aliphatic rings. The lowest BCUT2D eigenvalue weighted by Gasteiger charge is -2.16. The Kier molecular flexibility index (Phi) is 3.55. The summed E-state index contributed by atoms with van der Waals surface area (Å²) in [6.07, 6.45) is -1.10. The molecule has 1 aromatic rings. The van der Waals surface area contributed by atoms with Crippen molar-refractivity contribution in [2.45, 2.75) is 51.5 Å². The third-order valence-electron chi connectivity index (χ3n) is 3.45. The van der Waals surface area contributed by atoms with Crippen molar-refractivity contribution < 1.29 is 8.78 Å². The number of halogens is 2. The Labute approximate surface area is 105 Å². The molecule has 0 bridgehead atoms. The Morgan fingerprint density at radius 1 is 1.53 bits per heavy atom. The number of hydrogen-bond acceptors (Lipinski definition) is 2. The minimum atomic E-state index is -2.27. The number of alkyl halides is 2. The van der Waals surface area contributed by atoms with Gasteiger partial charge >= 0.3 is 0 Å². The van der Waals surface area contributed by atoms with Gasteiger partial charge in [0.05, 0.1) is 6.54 Å². The Hall–Kier alpha value is -0.480. The molecule has 0 aromatic carbocycles. The first kappa shape index (κ1) is 13.0. The molecule has 0 radical (unpaired) electrons. The van der Waals surface area contributed by atoms with Crippen molar-refractivity contribution >= 4 is 11.3 Å². The maximum Gasteiger partial charge on any atom is 0.250 e. The van der Waals surface area contributed by atoms with Crippen LogP contribution in [0.5, 0.6) is 0 Å². The number of thiophene rings is 1. The second kappa shape index (κ2) is 4.65. The summed E-state index contributed by atoms with van der Waals surface area (Å²) in [5, 5.41) is 4.95. The van der Waals surface area contributed by atoms with Crippen LogP contribution in [0.4, 0.5) is 8.78 Å². The molecule has 1 aromatic heterocycles. The van der Waals surface area contributed by atoms with E-state index in [2.05, 4.69) is 31.5 Å². The van der Waals surface area contributed by atoms with E-state index in [1.54, 1.807) is 11.3 Å².